The Labute approximate surface area is 118 Å². The third-order valence-electron chi connectivity index (χ3n) is 3.06. The van der Waals surface area contributed by atoms with Crippen LogP contribution >= 0.6 is 0 Å². The van der Waals surface area contributed by atoms with Crippen molar-refractivity contribution in [2.24, 2.45) is 5.73 Å². The van der Waals surface area contributed by atoms with Gasteiger partial charge in [0.1, 0.15) is 5.75 Å². The molecule has 4 heteroatoms. The third kappa shape index (κ3) is 3.59. The quantitative estimate of drug-likeness (QED) is 0.748. The molecule has 4 N–H and O–H groups in total. The van der Waals surface area contributed by atoms with Crippen LogP contribution in [0.5, 0.6) is 5.75 Å². The Morgan fingerprint density at radius 2 is 1.95 bits per heavy atom. The fraction of sp³-hybridized carbons (Fsp3) is 0.188. The van der Waals surface area contributed by atoms with Crippen molar-refractivity contribution in [1.82, 2.24) is 0 Å². The Hall–Kier alpha value is -2.33. The van der Waals surface area contributed by atoms with Crippen LogP contribution in [0.4, 0.5) is 5.69 Å². The van der Waals surface area contributed by atoms with Crippen LogP contribution in [0.25, 0.3) is 0 Å². The van der Waals surface area contributed by atoms with Gasteiger partial charge in [0.25, 0.3) is 0 Å². The lowest BCUT2D eigenvalue weighted by Gasteiger charge is -2.13. The minimum absolute atomic E-state index is 0.0530. The van der Waals surface area contributed by atoms with Crippen molar-refractivity contribution in [1.29, 1.82) is 0 Å². The van der Waals surface area contributed by atoms with Crippen LogP contribution in [-0.2, 0) is 4.79 Å². The zero-order valence-corrected chi connectivity index (χ0v) is 11.3. The zero-order valence-electron chi connectivity index (χ0n) is 11.3. The minimum Gasteiger partial charge on any atom is -0.506 e. The number of nitrogens with one attached hydrogen (secondary N) is 1. The summed E-state index contributed by atoms with van der Waals surface area (Å²) in [4.78, 5) is 12.0. The molecule has 0 aromatic heterocycles. The number of phenols is 1. The number of phenolic OH excluding ortho intramolecular Hbond substituents is 1. The monoisotopic (exact) mass is 270 g/mol. The maximum absolute atomic E-state index is 12.0. The Morgan fingerprint density at radius 1 is 1.25 bits per heavy atom. The lowest BCUT2D eigenvalue weighted by Crippen LogP contribution is -2.20. The van der Waals surface area contributed by atoms with Gasteiger partial charge in [-0.15, -0.1) is 0 Å². The maximum atomic E-state index is 12.0. The third-order valence-corrected chi connectivity index (χ3v) is 3.06. The van der Waals surface area contributed by atoms with Crippen LogP contribution in [0.3, 0.4) is 0 Å². The summed E-state index contributed by atoms with van der Waals surface area (Å²) in [6, 6.07) is 14.2. The van der Waals surface area contributed by atoms with Gasteiger partial charge < -0.3 is 16.2 Å². The normalized spacial score (nSPS) is 11.9. The van der Waals surface area contributed by atoms with Crippen molar-refractivity contribution in [2.75, 3.05) is 5.32 Å². The Balaban J connectivity index is 2.01. The molecule has 0 aliphatic rings. The molecule has 4 nitrogen and oxygen atoms in total. The SMILES string of the molecule is Cc1ccc(O)c(NC(=O)CC(N)c2ccccc2)c1. The molecule has 104 valence electrons. The molecule has 0 fully saturated rings. The first-order valence-electron chi connectivity index (χ1n) is 6.46. The molecule has 0 saturated carbocycles. The van der Waals surface area contributed by atoms with Crippen molar-refractivity contribution in [2.45, 2.75) is 19.4 Å². The summed E-state index contributed by atoms with van der Waals surface area (Å²) in [6.45, 7) is 1.89. The first-order chi connectivity index (χ1) is 9.56. The van der Waals surface area contributed by atoms with Gasteiger partial charge in [-0.1, -0.05) is 36.4 Å². The smallest absolute Gasteiger partial charge is 0.226 e. The first kappa shape index (κ1) is 14.1. The second-order valence-corrected chi connectivity index (χ2v) is 4.79. The Morgan fingerprint density at radius 3 is 2.65 bits per heavy atom. The molecule has 2 rings (SSSR count). The topological polar surface area (TPSA) is 75.3 Å². The molecular formula is C16H18N2O2. The molecule has 1 unspecified atom stereocenters. The van der Waals surface area contributed by atoms with Crippen molar-refractivity contribution < 1.29 is 9.90 Å². The number of aryl methyl sites for hydroxylation is 1. The minimum atomic E-state index is -0.358. The van der Waals surface area contributed by atoms with Crippen LogP contribution in [-0.4, -0.2) is 11.0 Å². The van der Waals surface area contributed by atoms with Gasteiger partial charge in [-0.05, 0) is 30.2 Å². The molecule has 2 aromatic carbocycles. The number of hydrogen-bond donors (Lipinski definition) is 3. The molecule has 0 heterocycles. The van der Waals surface area contributed by atoms with Gasteiger partial charge in [-0.3, -0.25) is 4.79 Å². The summed E-state index contributed by atoms with van der Waals surface area (Å²) < 4.78 is 0. The number of benzene rings is 2. The second-order valence-electron chi connectivity index (χ2n) is 4.79. The number of aromatic hydroxyl groups is 1. The van der Waals surface area contributed by atoms with E-state index in [-0.39, 0.29) is 24.1 Å². The van der Waals surface area contributed by atoms with Gasteiger partial charge in [-0.2, -0.15) is 0 Å². The summed E-state index contributed by atoms with van der Waals surface area (Å²) in [5.74, 6) is -0.167. The van der Waals surface area contributed by atoms with Gasteiger partial charge >= 0.3 is 0 Å². The van der Waals surface area contributed by atoms with E-state index in [1.54, 1.807) is 18.2 Å². The van der Waals surface area contributed by atoms with E-state index in [1.807, 2.05) is 37.3 Å². The van der Waals surface area contributed by atoms with Crippen molar-refractivity contribution in [3.8, 4) is 5.75 Å². The number of hydrogen-bond acceptors (Lipinski definition) is 3. The number of anilines is 1. The van der Waals surface area contributed by atoms with Crippen molar-refractivity contribution in [3.63, 3.8) is 0 Å². The largest absolute Gasteiger partial charge is 0.506 e. The van der Waals surface area contributed by atoms with Crippen LogP contribution in [0.15, 0.2) is 48.5 Å². The van der Waals surface area contributed by atoms with E-state index in [9.17, 15) is 9.90 Å². The fourth-order valence-electron chi connectivity index (χ4n) is 1.97. The average molecular weight is 270 g/mol. The predicted octanol–water partition coefficient (Wildman–Crippen LogP) is 2.73. The lowest BCUT2D eigenvalue weighted by atomic mass is 10.0. The summed E-state index contributed by atoms with van der Waals surface area (Å²) in [5.41, 5.74) is 8.28. The van der Waals surface area contributed by atoms with E-state index in [1.165, 1.54) is 0 Å². The van der Waals surface area contributed by atoms with Crippen molar-refractivity contribution in [3.05, 3.63) is 59.7 Å². The van der Waals surface area contributed by atoms with Crippen LogP contribution in [0, 0.1) is 6.92 Å². The van der Waals surface area contributed by atoms with E-state index in [4.69, 9.17) is 5.73 Å². The number of nitrogens with two attached hydrogens (primary N) is 1. The van der Waals surface area contributed by atoms with Gasteiger partial charge in [-0.25, -0.2) is 0 Å². The molecule has 0 radical (unpaired) electrons. The van der Waals surface area contributed by atoms with E-state index < -0.39 is 0 Å². The van der Waals surface area contributed by atoms with E-state index in [0.717, 1.165) is 11.1 Å². The van der Waals surface area contributed by atoms with Crippen LogP contribution < -0.4 is 11.1 Å². The molecule has 1 atom stereocenters. The van der Waals surface area contributed by atoms with E-state index in [2.05, 4.69) is 5.32 Å². The highest BCUT2D eigenvalue weighted by atomic mass is 16.3. The zero-order chi connectivity index (χ0) is 14.5. The molecular weight excluding hydrogens is 252 g/mol. The standard InChI is InChI=1S/C16H18N2O2/c1-11-7-8-15(19)14(9-11)18-16(20)10-13(17)12-5-3-2-4-6-12/h2-9,13,19H,10,17H2,1H3,(H,18,20). The summed E-state index contributed by atoms with van der Waals surface area (Å²) in [6.07, 6.45) is 0.164. The summed E-state index contributed by atoms with van der Waals surface area (Å²) in [7, 11) is 0. The molecule has 0 spiro atoms. The molecule has 1 amide bonds. The van der Waals surface area contributed by atoms with Crippen LogP contribution in [0.1, 0.15) is 23.6 Å². The highest BCUT2D eigenvalue weighted by Crippen LogP contribution is 2.24. The second kappa shape index (κ2) is 6.21. The Kier molecular flexibility index (Phi) is 4.38. The molecule has 0 aliphatic heterocycles. The van der Waals surface area contributed by atoms with Crippen LogP contribution in [0.2, 0.25) is 0 Å². The molecule has 0 bridgehead atoms. The van der Waals surface area contributed by atoms with Crippen molar-refractivity contribution >= 4 is 11.6 Å². The fourth-order valence-corrected chi connectivity index (χ4v) is 1.97. The maximum Gasteiger partial charge on any atom is 0.226 e. The Bertz CT molecular complexity index is 597. The first-order valence-corrected chi connectivity index (χ1v) is 6.46. The van der Waals surface area contributed by atoms with Gasteiger partial charge in [0.15, 0.2) is 0 Å². The van der Waals surface area contributed by atoms with Gasteiger partial charge in [0.05, 0.1) is 5.69 Å². The summed E-state index contributed by atoms with van der Waals surface area (Å²) >= 11 is 0. The number of amides is 1. The highest BCUT2D eigenvalue weighted by molar-refractivity contribution is 5.92. The number of carbonyl (C=O) groups is 1. The van der Waals surface area contributed by atoms with E-state index >= 15 is 0 Å². The molecule has 0 aliphatic carbocycles. The summed E-state index contributed by atoms with van der Waals surface area (Å²) in [5, 5.41) is 12.4. The molecule has 2 aromatic rings. The van der Waals surface area contributed by atoms with Gasteiger partial charge in [0.2, 0.25) is 5.91 Å². The lowest BCUT2D eigenvalue weighted by molar-refractivity contribution is -0.116. The highest BCUT2D eigenvalue weighted by Gasteiger charge is 2.13. The number of rotatable bonds is 4. The predicted molar refractivity (Wildman–Crippen MR) is 79.5 cm³/mol. The molecule has 20 heavy (non-hydrogen) atoms. The van der Waals surface area contributed by atoms with E-state index in [0.29, 0.717) is 5.69 Å². The number of carbonyl (C=O) groups excluding carboxylic acids is 1. The molecule has 0 saturated heterocycles. The van der Waals surface area contributed by atoms with Gasteiger partial charge in [0, 0.05) is 12.5 Å². The average Bonchev–Trinajstić information content (AvgIpc) is 2.43.